The molecule has 0 saturated heterocycles. The second-order valence-corrected chi connectivity index (χ2v) is 10.5. The predicted octanol–water partition coefficient (Wildman–Crippen LogP) is 4.18. The molecule has 2 atom stereocenters. The van der Waals surface area contributed by atoms with E-state index in [4.69, 9.17) is 9.47 Å². The normalized spacial score (nSPS) is 17.0. The quantitative estimate of drug-likeness (QED) is 0.639. The van der Waals surface area contributed by atoms with E-state index in [1.807, 2.05) is 6.07 Å². The Bertz CT molecular complexity index is 974. The molecule has 0 bridgehead atoms. The van der Waals surface area contributed by atoms with Gasteiger partial charge in [0.25, 0.3) is 5.91 Å². The molecular formula is C26H36N2O7. The minimum absolute atomic E-state index is 0.00956. The molecule has 0 aromatic heterocycles. The van der Waals surface area contributed by atoms with Crippen LogP contribution in [0.2, 0.25) is 0 Å². The lowest BCUT2D eigenvalue weighted by Crippen LogP contribution is -2.48. The average molecular weight is 489 g/mol. The van der Waals surface area contributed by atoms with Crippen molar-refractivity contribution in [2.75, 3.05) is 0 Å². The molecule has 0 fully saturated rings. The predicted molar refractivity (Wildman–Crippen MR) is 129 cm³/mol. The van der Waals surface area contributed by atoms with E-state index in [2.05, 4.69) is 0 Å². The number of hydrogen-bond acceptors (Lipinski definition) is 7. The van der Waals surface area contributed by atoms with Crippen molar-refractivity contribution < 1.29 is 33.8 Å². The molecule has 192 valence electrons. The lowest BCUT2D eigenvalue weighted by Gasteiger charge is -2.30. The molecule has 0 radical (unpaired) electrons. The first-order chi connectivity index (χ1) is 16.1. The lowest BCUT2D eigenvalue weighted by molar-refractivity contribution is -0.131. The lowest BCUT2D eigenvalue weighted by atomic mass is 10.0. The van der Waals surface area contributed by atoms with Crippen molar-refractivity contribution in [2.24, 2.45) is 0 Å². The van der Waals surface area contributed by atoms with Crippen LogP contribution in [-0.4, -0.2) is 62.3 Å². The van der Waals surface area contributed by atoms with Gasteiger partial charge in [-0.1, -0.05) is 36.4 Å². The van der Waals surface area contributed by atoms with Crippen LogP contribution in [0.15, 0.2) is 42.0 Å². The van der Waals surface area contributed by atoms with Crippen LogP contribution in [0, 0.1) is 0 Å². The summed E-state index contributed by atoms with van der Waals surface area (Å²) in [7, 11) is 0. The second kappa shape index (κ2) is 11.0. The largest absolute Gasteiger partial charge is 0.443 e. The highest BCUT2D eigenvalue weighted by atomic mass is 16.6. The molecule has 9 nitrogen and oxygen atoms in total. The number of nitrogens with zero attached hydrogens (tertiary/aromatic N) is 2. The Kier molecular flexibility index (Phi) is 8.84. The van der Waals surface area contributed by atoms with Gasteiger partial charge in [0.1, 0.15) is 11.2 Å². The van der Waals surface area contributed by atoms with Crippen LogP contribution >= 0.6 is 0 Å². The highest BCUT2D eigenvalue weighted by Gasteiger charge is 2.41. The summed E-state index contributed by atoms with van der Waals surface area (Å²) in [6.45, 7) is 11.7. The van der Waals surface area contributed by atoms with Crippen molar-refractivity contribution in [3.8, 4) is 0 Å². The molecular weight excluding hydrogens is 452 g/mol. The minimum Gasteiger partial charge on any atom is -0.443 e. The SMILES string of the molecule is CC1=C[C@H]([C@@H](O)CCC(=O)N(Cc2ccccc2)C(=O)OC(C)(C)C)N(C(=O)OC(C)(C)C)C1=O. The third kappa shape index (κ3) is 8.20. The van der Waals surface area contributed by atoms with E-state index < -0.39 is 47.3 Å². The van der Waals surface area contributed by atoms with Crippen molar-refractivity contribution in [1.82, 2.24) is 9.80 Å². The van der Waals surface area contributed by atoms with Crippen LogP contribution in [0.3, 0.4) is 0 Å². The number of carbonyl (C=O) groups is 4. The molecule has 1 aliphatic heterocycles. The van der Waals surface area contributed by atoms with Gasteiger partial charge in [-0.2, -0.15) is 0 Å². The van der Waals surface area contributed by atoms with Crippen molar-refractivity contribution in [1.29, 1.82) is 0 Å². The van der Waals surface area contributed by atoms with E-state index in [9.17, 15) is 24.3 Å². The fourth-order valence-electron chi connectivity index (χ4n) is 3.44. The Morgan fingerprint density at radius 1 is 1.03 bits per heavy atom. The first kappa shape index (κ1) is 28.0. The van der Waals surface area contributed by atoms with E-state index in [0.717, 1.165) is 15.4 Å². The average Bonchev–Trinajstić information content (AvgIpc) is 3.03. The molecule has 1 N–H and O–H groups in total. The van der Waals surface area contributed by atoms with Gasteiger partial charge >= 0.3 is 12.2 Å². The number of carbonyl (C=O) groups excluding carboxylic acids is 4. The Hall–Kier alpha value is -3.20. The van der Waals surface area contributed by atoms with E-state index >= 15 is 0 Å². The Balaban J connectivity index is 2.14. The van der Waals surface area contributed by atoms with Crippen molar-refractivity contribution in [3.05, 3.63) is 47.5 Å². The van der Waals surface area contributed by atoms with Crippen LogP contribution in [0.25, 0.3) is 0 Å². The highest BCUT2D eigenvalue weighted by Crippen LogP contribution is 2.25. The second-order valence-electron chi connectivity index (χ2n) is 10.5. The number of imide groups is 2. The molecule has 2 rings (SSSR count). The topological polar surface area (TPSA) is 113 Å². The van der Waals surface area contributed by atoms with Crippen LogP contribution in [0.1, 0.15) is 66.9 Å². The van der Waals surface area contributed by atoms with E-state index in [1.165, 1.54) is 6.08 Å². The molecule has 1 aromatic carbocycles. The van der Waals surface area contributed by atoms with Gasteiger partial charge in [-0.3, -0.25) is 9.59 Å². The number of ether oxygens (including phenoxy) is 2. The smallest absolute Gasteiger partial charge is 0.417 e. The molecule has 35 heavy (non-hydrogen) atoms. The summed E-state index contributed by atoms with van der Waals surface area (Å²) >= 11 is 0. The molecule has 0 aliphatic carbocycles. The summed E-state index contributed by atoms with van der Waals surface area (Å²) in [5.74, 6) is -1.11. The van der Waals surface area contributed by atoms with Gasteiger partial charge in [0.05, 0.1) is 18.7 Å². The van der Waals surface area contributed by atoms with Gasteiger partial charge in [-0.25, -0.2) is 19.4 Å². The number of amides is 4. The van der Waals surface area contributed by atoms with Gasteiger partial charge < -0.3 is 14.6 Å². The van der Waals surface area contributed by atoms with E-state index in [1.54, 1.807) is 72.7 Å². The summed E-state index contributed by atoms with van der Waals surface area (Å²) in [5.41, 5.74) is -0.592. The van der Waals surface area contributed by atoms with Gasteiger partial charge in [-0.05, 0) is 60.5 Å². The zero-order valence-corrected chi connectivity index (χ0v) is 21.5. The van der Waals surface area contributed by atoms with Crippen molar-refractivity contribution in [3.63, 3.8) is 0 Å². The van der Waals surface area contributed by atoms with Crippen LogP contribution in [0.4, 0.5) is 9.59 Å². The van der Waals surface area contributed by atoms with Crippen molar-refractivity contribution >= 4 is 24.0 Å². The van der Waals surface area contributed by atoms with Crippen LogP contribution in [-0.2, 0) is 25.6 Å². The molecule has 1 aliphatic rings. The molecule has 9 heteroatoms. The first-order valence-electron chi connectivity index (χ1n) is 11.6. The number of aliphatic hydroxyl groups is 1. The fourth-order valence-corrected chi connectivity index (χ4v) is 3.44. The number of rotatable bonds is 6. The summed E-state index contributed by atoms with van der Waals surface area (Å²) in [6.07, 6.45) is -1.70. The monoisotopic (exact) mass is 488 g/mol. The molecule has 0 saturated carbocycles. The first-order valence-corrected chi connectivity index (χ1v) is 11.6. The highest BCUT2D eigenvalue weighted by molar-refractivity contribution is 6.05. The Morgan fingerprint density at radius 3 is 2.14 bits per heavy atom. The summed E-state index contributed by atoms with van der Waals surface area (Å²) in [5, 5.41) is 10.8. The van der Waals surface area contributed by atoms with Gasteiger partial charge in [-0.15, -0.1) is 0 Å². The van der Waals surface area contributed by atoms with E-state index in [-0.39, 0.29) is 19.4 Å². The zero-order chi connectivity index (χ0) is 26.6. The summed E-state index contributed by atoms with van der Waals surface area (Å²) < 4.78 is 10.7. The van der Waals surface area contributed by atoms with Gasteiger partial charge in [0.2, 0.25) is 5.91 Å². The molecule has 4 amide bonds. The molecule has 0 spiro atoms. The summed E-state index contributed by atoms with van der Waals surface area (Å²) in [6, 6.07) is 8.02. The Morgan fingerprint density at radius 2 is 1.60 bits per heavy atom. The van der Waals surface area contributed by atoms with Crippen LogP contribution in [0.5, 0.6) is 0 Å². The standard InChI is InChI=1S/C26H36N2O7/c1-17-15-19(28(22(17)31)24(33)35-26(5,6)7)20(29)13-14-21(30)27(23(32)34-25(2,3)4)16-18-11-9-8-10-12-18/h8-12,15,19-20,29H,13-14,16H2,1-7H3/t19-,20+/m1/s1. The maximum atomic E-state index is 13.1. The Labute approximate surface area is 206 Å². The number of hydrogen-bond donors (Lipinski definition) is 1. The zero-order valence-electron chi connectivity index (χ0n) is 21.5. The van der Waals surface area contributed by atoms with Crippen LogP contribution < -0.4 is 0 Å². The third-order valence-corrected chi connectivity index (χ3v) is 5.01. The molecule has 1 heterocycles. The van der Waals surface area contributed by atoms with Crippen molar-refractivity contribution in [2.45, 2.75) is 91.2 Å². The fraction of sp³-hybridized carbons (Fsp3) is 0.538. The van der Waals surface area contributed by atoms with Gasteiger partial charge in [0, 0.05) is 12.0 Å². The number of benzene rings is 1. The maximum absolute atomic E-state index is 13.1. The third-order valence-electron chi connectivity index (χ3n) is 5.01. The molecule has 0 unspecified atom stereocenters. The maximum Gasteiger partial charge on any atom is 0.417 e. The minimum atomic E-state index is -1.23. The van der Waals surface area contributed by atoms with E-state index in [0.29, 0.717) is 5.57 Å². The number of aliphatic hydroxyl groups excluding tert-OH is 1. The van der Waals surface area contributed by atoms with Gasteiger partial charge in [0.15, 0.2) is 0 Å². The molecule has 1 aromatic rings. The summed E-state index contributed by atoms with van der Waals surface area (Å²) in [4.78, 5) is 52.8.